The predicted octanol–water partition coefficient (Wildman–Crippen LogP) is 4.70. The molecule has 0 aliphatic heterocycles. The Kier molecular flexibility index (Phi) is 6.06. The maximum atomic E-state index is 5.31. The molecule has 112 valence electrons. The van der Waals surface area contributed by atoms with Gasteiger partial charge in [-0.1, -0.05) is 25.1 Å². The van der Waals surface area contributed by atoms with Crippen LogP contribution in [0, 0.1) is 10.5 Å². The molecule has 2 nitrogen and oxygen atoms in total. The van der Waals surface area contributed by atoms with Gasteiger partial charge in [0.25, 0.3) is 0 Å². The highest BCUT2D eigenvalue weighted by Gasteiger charge is 2.15. The number of aryl methyl sites for hydroxylation is 1. The van der Waals surface area contributed by atoms with Crippen molar-refractivity contribution >= 4 is 22.6 Å². The van der Waals surface area contributed by atoms with Crippen LogP contribution in [0.5, 0.6) is 5.75 Å². The maximum absolute atomic E-state index is 5.31. The topological polar surface area (TPSA) is 21.3 Å². The van der Waals surface area contributed by atoms with Crippen molar-refractivity contribution < 1.29 is 4.74 Å². The average Bonchev–Trinajstić information content (AvgIpc) is 2.50. The normalized spacial score (nSPS) is 12.2. The second-order valence-corrected chi connectivity index (χ2v) is 6.41. The van der Waals surface area contributed by atoms with Gasteiger partial charge in [0.05, 0.1) is 13.2 Å². The highest BCUT2D eigenvalue weighted by Crippen LogP contribution is 2.28. The summed E-state index contributed by atoms with van der Waals surface area (Å²) in [5.41, 5.74) is 3.86. The third-order valence-corrected chi connectivity index (χ3v) is 4.31. The van der Waals surface area contributed by atoms with Crippen molar-refractivity contribution in [2.45, 2.75) is 26.3 Å². The number of hydrogen-bond donors (Lipinski definition) is 1. The van der Waals surface area contributed by atoms with Gasteiger partial charge in [0, 0.05) is 3.57 Å². The van der Waals surface area contributed by atoms with Crippen LogP contribution in [0.2, 0.25) is 0 Å². The molecule has 0 heterocycles. The van der Waals surface area contributed by atoms with Crippen molar-refractivity contribution in [3.05, 3.63) is 62.7 Å². The molecule has 0 saturated heterocycles. The second kappa shape index (κ2) is 7.80. The highest BCUT2D eigenvalue weighted by molar-refractivity contribution is 14.1. The monoisotopic (exact) mass is 395 g/mol. The van der Waals surface area contributed by atoms with Crippen LogP contribution >= 0.6 is 22.6 Å². The van der Waals surface area contributed by atoms with Crippen molar-refractivity contribution in [3.63, 3.8) is 0 Å². The van der Waals surface area contributed by atoms with Crippen LogP contribution in [0.3, 0.4) is 0 Å². The first kappa shape index (κ1) is 16.3. The number of halogens is 1. The van der Waals surface area contributed by atoms with E-state index in [-0.39, 0.29) is 6.04 Å². The summed E-state index contributed by atoms with van der Waals surface area (Å²) in [5, 5.41) is 3.66. The summed E-state index contributed by atoms with van der Waals surface area (Å²) in [7, 11) is 1.71. The largest absolute Gasteiger partial charge is 0.497 e. The smallest absolute Gasteiger partial charge is 0.119 e. The standard InChI is InChI=1S/C18H22INO/c1-4-11-20-18(14-5-7-15(19)8-6-14)17-10-9-16(21-3)12-13(17)2/h5-10,12,18,20H,4,11H2,1-3H3. The summed E-state index contributed by atoms with van der Waals surface area (Å²) in [6.45, 7) is 5.34. The van der Waals surface area contributed by atoms with E-state index < -0.39 is 0 Å². The van der Waals surface area contributed by atoms with Gasteiger partial charge in [-0.2, -0.15) is 0 Å². The molecule has 2 rings (SSSR count). The molecule has 0 spiro atoms. The second-order valence-electron chi connectivity index (χ2n) is 5.16. The van der Waals surface area contributed by atoms with Crippen molar-refractivity contribution in [2.75, 3.05) is 13.7 Å². The first-order valence-corrected chi connectivity index (χ1v) is 8.37. The molecule has 0 fully saturated rings. The van der Waals surface area contributed by atoms with Crippen molar-refractivity contribution in [1.82, 2.24) is 5.32 Å². The number of nitrogens with one attached hydrogen (secondary N) is 1. The molecule has 0 saturated carbocycles. The Morgan fingerprint density at radius 2 is 1.86 bits per heavy atom. The van der Waals surface area contributed by atoms with E-state index in [9.17, 15) is 0 Å². The van der Waals surface area contributed by atoms with Crippen LogP contribution in [0.1, 0.15) is 36.1 Å². The zero-order valence-corrected chi connectivity index (χ0v) is 15.0. The Hall–Kier alpha value is -1.07. The number of ether oxygens (including phenoxy) is 1. The number of rotatable bonds is 6. The summed E-state index contributed by atoms with van der Waals surface area (Å²) >= 11 is 2.34. The molecule has 0 aliphatic carbocycles. The summed E-state index contributed by atoms with van der Waals surface area (Å²) in [6, 6.07) is 15.3. The fourth-order valence-electron chi connectivity index (χ4n) is 2.45. The molecule has 0 amide bonds. The van der Waals surface area contributed by atoms with Crippen molar-refractivity contribution in [1.29, 1.82) is 0 Å². The lowest BCUT2D eigenvalue weighted by atomic mass is 9.94. The summed E-state index contributed by atoms with van der Waals surface area (Å²) in [6.07, 6.45) is 1.12. The Bertz CT molecular complexity index is 580. The SMILES string of the molecule is CCCNC(c1ccc(I)cc1)c1ccc(OC)cc1C. The first-order valence-electron chi connectivity index (χ1n) is 7.29. The molecular weight excluding hydrogens is 373 g/mol. The van der Waals surface area contributed by atoms with Crippen LogP contribution in [0.15, 0.2) is 42.5 Å². The van der Waals surface area contributed by atoms with Gasteiger partial charge in [-0.25, -0.2) is 0 Å². The summed E-state index contributed by atoms with van der Waals surface area (Å²) in [4.78, 5) is 0. The minimum Gasteiger partial charge on any atom is -0.497 e. The molecule has 0 aliphatic rings. The molecule has 2 aromatic carbocycles. The van der Waals surface area contributed by atoms with E-state index >= 15 is 0 Å². The minimum atomic E-state index is 0.229. The maximum Gasteiger partial charge on any atom is 0.119 e. The predicted molar refractivity (Wildman–Crippen MR) is 97.0 cm³/mol. The number of benzene rings is 2. The fourth-order valence-corrected chi connectivity index (χ4v) is 2.81. The lowest BCUT2D eigenvalue weighted by Crippen LogP contribution is -2.24. The molecule has 0 radical (unpaired) electrons. The van der Waals surface area contributed by atoms with E-state index in [2.05, 4.69) is 78.2 Å². The van der Waals surface area contributed by atoms with Crippen LogP contribution in [0.25, 0.3) is 0 Å². The van der Waals surface area contributed by atoms with Crippen LogP contribution in [-0.2, 0) is 0 Å². The molecule has 0 aromatic heterocycles. The lowest BCUT2D eigenvalue weighted by Gasteiger charge is -2.22. The van der Waals surface area contributed by atoms with Crippen LogP contribution in [-0.4, -0.2) is 13.7 Å². The van der Waals surface area contributed by atoms with Crippen LogP contribution in [0.4, 0.5) is 0 Å². The third-order valence-electron chi connectivity index (χ3n) is 3.59. The van der Waals surface area contributed by atoms with Gasteiger partial charge < -0.3 is 10.1 Å². The molecule has 1 N–H and O–H groups in total. The fraction of sp³-hybridized carbons (Fsp3) is 0.333. The Morgan fingerprint density at radius 1 is 1.14 bits per heavy atom. The van der Waals surface area contributed by atoms with Gasteiger partial charge in [-0.05, 0) is 83.4 Å². The van der Waals surface area contributed by atoms with Gasteiger partial charge >= 0.3 is 0 Å². The van der Waals surface area contributed by atoms with E-state index in [1.165, 1.54) is 20.3 Å². The molecule has 1 atom stereocenters. The zero-order chi connectivity index (χ0) is 15.2. The van der Waals surface area contributed by atoms with E-state index in [1.807, 2.05) is 6.07 Å². The van der Waals surface area contributed by atoms with Crippen LogP contribution < -0.4 is 10.1 Å². The summed E-state index contributed by atoms with van der Waals surface area (Å²) in [5.74, 6) is 0.910. The molecule has 0 bridgehead atoms. The molecule has 1 unspecified atom stereocenters. The first-order chi connectivity index (χ1) is 10.2. The van der Waals surface area contributed by atoms with Gasteiger partial charge in [0.2, 0.25) is 0 Å². The Morgan fingerprint density at radius 3 is 2.43 bits per heavy atom. The average molecular weight is 395 g/mol. The molecular formula is C18H22INO. The highest BCUT2D eigenvalue weighted by atomic mass is 127. The van der Waals surface area contributed by atoms with Crippen molar-refractivity contribution in [3.8, 4) is 5.75 Å². The van der Waals surface area contributed by atoms with Crippen molar-refractivity contribution in [2.24, 2.45) is 0 Å². The number of methoxy groups -OCH3 is 1. The third kappa shape index (κ3) is 4.20. The quantitative estimate of drug-likeness (QED) is 0.717. The Balaban J connectivity index is 2.37. The Labute approximate surface area is 141 Å². The van der Waals surface area contributed by atoms with Gasteiger partial charge in [0.15, 0.2) is 0 Å². The van der Waals surface area contributed by atoms with E-state index in [0.29, 0.717) is 0 Å². The van der Waals surface area contributed by atoms with E-state index in [4.69, 9.17) is 4.74 Å². The molecule has 21 heavy (non-hydrogen) atoms. The van der Waals surface area contributed by atoms with Gasteiger partial charge in [-0.3, -0.25) is 0 Å². The van der Waals surface area contributed by atoms with Gasteiger partial charge in [-0.15, -0.1) is 0 Å². The minimum absolute atomic E-state index is 0.229. The van der Waals surface area contributed by atoms with E-state index in [1.54, 1.807) is 7.11 Å². The molecule has 3 heteroatoms. The lowest BCUT2D eigenvalue weighted by molar-refractivity contribution is 0.414. The van der Waals surface area contributed by atoms with E-state index in [0.717, 1.165) is 18.7 Å². The number of hydrogen-bond acceptors (Lipinski definition) is 2. The molecule has 2 aromatic rings. The zero-order valence-electron chi connectivity index (χ0n) is 12.8. The van der Waals surface area contributed by atoms with Gasteiger partial charge in [0.1, 0.15) is 5.75 Å². The summed E-state index contributed by atoms with van der Waals surface area (Å²) < 4.78 is 6.57.